The van der Waals surface area contributed by atoms with Crippen molar-refractivity contribution in [2.24, 2.45) is 5.73 Å². The maximum Gasteiger partial charge on any atom is 0.307 e. The maximum absolute atomic E-state index is 12.9. The lowest BCUT2D eigenvalue weighted by Gasteiger charge is -2.12. The Balaban J connectivity index is 2.76. The van der Waals surface area contributed by atoms with Crippen LogP contribution in [0.5, 0.6) is 5.75 Å². The molecule has 0 fully saturated rings. The summed E-state index contributed by atoms with van der Waals surface area (Å²) in [6.45, 7) is 1.95. The van der Waals surface area contributed by atoms with Crippen molar-refractivity contribution in [1.29, 1.82) is 0 Å². The number of aromatic hydroxyl groups is 1. The number of phenols is 1. The zero-order valence-corrected chi connectivity index (χ0v) is 8.94. The van der Waals surface area contributed by atoms with Crippen LogP contribution >= 0.6 is 0 Å². The lowest BCUT2D eigenvalue weighted by Crippen LogP contribution is -2.17. The topological polar surface area (TPSA) is 72.5 Å². The van der Waals surface area contributed by atoms with E-state index in [2.05, 4.69) is 0 Å². The number of ether oxygens (including phenoxy) is 1. The number of hydrogen-bond acceptors (Lipinski definition) is 4. The van der Waals surface area contributed by atoms with Gasteiger partial charge < -0.3 is 15.6 Å². The normalized spacial score (nSPS) is 12.2. The summed E-state index contributed by atoms with van der Waals surface area (Å²) < 4.78 is 17.6. The fraction of sp³-hybridized carbons (Fsp3) is 0.364. The average Bonchev–Trinajstić information content (AvgIpc) is 2.21. The molecular weight excluding hydrogens is 213 g/mol. The third-order valence-corrected chi connectivity index (χ3v) is 2.08. The van der Waals surface area contributed by atoms with E-state index < -0.39 is 17.8 Å². The molecule has 0 aliphatic heterocycles. The highest BCUT2D eigenvalue weighted by atomic mass is 19.1. The van der Waals surface area contributed by atoms with Crippen LogP contribution in [0.15, 0.2) is 18.2 Å². The van der Waals surface area contributed by atoms with E-state index in [1.807, 2.05) is 0 Å². The van der Waals surface area contributed by atoms with Crippen LogP contribution in [0.3, 0.4) is 0 Å². The monoisotopic (exact) mass is 227 g/mol. The van der Waals surface area contributed by atoms with Gasteiger partial charge in [0.1, 0.15) is 11.6 Å². The van der Waals surface area contributed by atoms with E-state index in [1.165, 1.54) is 6.07 Å². The van der Waals surface area contributed by atoms with Crippen molar-refractivity contribution in [1.82, 2.24) is 0 Å². The highest BCUT2D eigenvalue weighted by Crippen LogP contribution is 2.25. The molecule has 0 saturated carbocycles. The third-order valence-electron chi connectivity index (χ3n) is 2.08. The molecule has 0 heterocycles. The maximum atomic E-state index is 12.9. The first-order valence-electron chi connectivity index (χ1n) is 4.94. The lowest BCUT2D eigenvalue weighted by atomic mass is 10.0. The lowest BCUT2D eigenvalue weighted by molar-refractivity contribution is -0.143. The molecule has 3 N–H and O–H groups in total. The molecule has 0 radical (unpaired) electrons. The van der Waals surface area contributed by atoms with E-state index >= 15 is 0 Å². The summed E-state index contributed by atoms with van der Waals surface area (Å²) in [5, 5.41) is 9.45. The van der Waals surface area contributed by atoms with Crippen molar-refractivity contribution in [3.8, 4) is 5.75 Å². The number of carbonyl (C=O) groups excluding carboxylic acids is 1. The fourth-order valence-electron chi connectivity index (χ4n) is 1.33. The van der Waals surface area contributed by atoms with Crippen molar-refractivity contribution in [3.05, 3.63) is 29.6 Å². The number of nitrogens with two attached hydrogens (primary N) is 1. The summed E-state index contributed by atoms with van der Waals surface area (Å²) in [5.74, 6) is -1.11. The van der Waals surface area contributed by atoms with Crippen LogP contribution in [0, 0.1) is 5.82 Å². The first-order valence-corrected chi connectivity index (χ1v) is 4.94. The minimum absolute atomic E-state index is 0.0924. The summed E-state index contributed by atoms with van der Waals surface area (Å²) >= 11 is 0. The van der Waals surface area contributed by atoms with Gasteiger partial charge in [0.2, 0.25) is 0 Å². The van der Waals surface area contributed by atoms with Crippen molar-refractivity contribution >= 4 is 5.97 Å². The van der Waals surface area contributed by atoms with E-state index in [1.54, 1.807) is 6.92 Å². The van der Waals surface area contributed by atoms with Crippen molar-refractivity contribution in [2.75, 3.05) is 6.61 Å². The Bertz CT molecular complexity index is 381. The fourth-order valence-corrected chi connectivity index (χ4v) is 1.33. The summed E-state index contributed by atoms with van der Waals surface area (Å²) in [6.07, 6.45) is -0.0924. The summed E-state index contributed by atoms with van der Waals surface area (Å²) in [6, 6.07) is 2.67. The second kappa shape index (κ2) is 5.46. The van der Waals surface area contributed by atoms with Gasteiger partial charge in [-0.1, -0.05) is 0 Å². The molecule has 1 aromatic carbocycles. The molecule has 1 atom stereocenters. The second-order valence-corrected chi connectivity index (χ2v) is 3.32. The molecule has 1 rings (SSSR count). The molecule has 0 unspecified atom stereocenters. The Labute approximate surface area is 92.8 Å². The van der Waals surface area contributed by atoms with Gasteiger partial charge in [0.05, 0.1) is 13.0 Å². The molecule has 1 aromatic rings. The smallest absolute Gasteiger partial charge is 0.307 e. The number of hydrogen-bond donors (Lipinski definition) is 2. The van der Waals surface area contributed by atoms with Crippen LogP contribution in [0.2, 0.25) is 0 Å². The summed E-state index contributed by atoms with van der Waals surface area (Å²) in [4.78, 5) is 11.1. The van der Waals surface area contributed by atoms with E-state index in [0.717, 1.165) is 12.1 Å². The van der Waals surface area contributed by atoms with Crippen LogP contribution in [0.4, 0.5) is 4.39 Å². The van der Waals surface area contributed by atoms with E-state index in [9.17, 15) is 14.3 Å². The molecular formula is C11H14FNO3. The number of phenolic OH excluding ortho intramolecular Hbond substituents is 1. The Morgan fingerprint density at radius 2 is 2.31 bits per heavy atom. The predicted molar refractivity (Wildman–Crippen MR) is 56.2 cm³/mol. The van der Waals surface area contributed by atoms with Gasteiger partial charge in [-0.05, 0) is 25.1 Å². The Morgan fingerprint density at radius 3 is 2.94 bits per heavy atom. The highest BCUT2D eigenvalue weighted by molar-refractivity contribution is 5.70. The van der Waals surface area contributed by atoms with Gasteiger partial charge in [-0.15, -0.1) is 0 Å². The summed E-state index contributed by atoms with van der Waals surface area (Å²) in [5.41, 5.74) is 5.87. The molecule has 0 amide bonds. The van der Waals surface area contributed by atoms with Gasteiger partial charge in [-0.3, -0.25) is 4.79 Å². The molecule has 0 aliphatic carbocycles. The first kappa shape index (κ1) is 12.4. The Kier molecular flexibility index (Phi) is 4.25. The van der Waals surface area contributed by atoms with Crippen LogP contribution in [-0.4, -0.2) is 17.7 Å². The van der Waals surface area contributed by atoms with Crippen molar-refractivity contribution in [3.63, 3.8) is 0 Å². The Hall–Kier alpha value is -1.62. The molecule has 0 spiro atoms. The first-order chi connectivity index (χ1) is 7.54. The largest absolute Gasteiger partial charge is 0.508 e. The quantitative estimate of drug-likeness (QED) is 0.764. The third kappa shape index (κ3) is 3.20. The van der Waals surface area contributed by atoms with E-state index in [0.29, 0.717) is 0 Å². The van der Waals surface area contributed by atoms with Gasteiger partial charge in [0.25, 0.3) is 0 Å². The number of esters is 1. The van der Waals surface area contributed by atoms with Crippen LogP contribution < -0.4 is 5.73 Å². The number of carbonyl (C=O) groups is 1. The van der Waals surface area contributed by atoms with Gasteiger partial charge >= 0.3 is 5.97 Å². The standard InChI is InChI=1S/C11H14FNO3/c1-2-16-11(15)6-9(13)8-5-7(12)3-4-10(8)14/h3-5,9,14H,2,6,13H2,1H3/t9-/m1/s1. The molecule has 0 saturated heterocycles. The van der Waals surface area contributed by atoms with Gasteiger partial charge in [-0.2, -0.15) is 0 Å². The number of halogens is 1. The van der Waals surface area contributed by atoms with Gasteiger partial charge in [0, 0.05) is 11.6 Å². The van der Waals surface area contributed by atoms with Gasteiger partial charge in [0.15, 0.2) is 0 Å². The predicted octanol–water partition coefficient (Wildman–Crippen LogP) is 1.48. The van der Waals surface area contributed by atoms with Crippen molar-refractivity contribution in [2.45, 2.75) is 19.4 Å². The molecule has 5 heteroatoms. The molecule has 0 aromatic heterocycles. The number of benzene rings is 1. The highest BCUT2D eigenvalue weighted by Gasteiger charge is 2.16. The average molecular weight is 227 g/mol. The summed E-state index contributed by atoms with van der Waals surface area (Å²) in [7, 11) is 0. The van der Waals surface area contributed by atoms with Crippen molar-refractivity contribution < 1.29 is 19.0 Å². The molecule has 16 heavy (non-hydrogen) atoms. The van der Waals surface area contributed by atoms with Gasteiger partial charge in [-0.25, -0.2) is 4.39 Å². The number of rotatable bonds is 4. The molecule has 88 valence electrons. The zero-order chi connectivity index (χ0) is 12.1. The van der Waals surface area contributed by atoms with E-state index in [4.69, 9.17) is 10.5 Å². The SMILES string of the molecule is CCOC(=O)C[C@@H](N)c1cc(F)ccc1O. The Morgan fingerprint density at radius 1 is 1.62 bits per heavy atom. The molecule has 0 bridgehead atoms. The molecule has 4 nitrogen and oxygen atoms in total. The van der Waals surface area contributed by atoms with Crippen LogP contribution in [0.25, 0.3) is 0 Å². The minimum Gasteiger partial charge on any atom is -0.508 e. The minimum atomic E-state index is -0.769. The molecule has 0 aliphatic rings. The van der Waals surface area contributed by atoms with Crippen LogP contribution in [-0.2, 0) is 9.53 Å². The van der Waals surface area contributed by atoms with E-state index in [-0.39, 0.29) is 24.3 Å². The van der Waals surface area contributed by atoms with Crippen LogP contribution in [0.1, 0.15) is 24.9 Å². The zero-order valence-electron chi connectivity index (χ0n) is 8.94. The second-order valence-electron chi connectivity index (χ2n) is 3.32.